The van der Waals surface area contributed by atoms with Crippen molar-refractivity contribution in [2.75, 3.05) is 0 Å². The second-order valence-electron chi connectivity index (χ2n) is 5.18. The van der Waals surface area contributed by atoms with Gasteiger partial charge in [0, 0.05) is 0 Å². The van der Waals surface area contributed by atoms with Crippen molar-refractivity contribution in [1.82, 2.24) is 0 Å². The van der Waals surface area contributed by atoms with Gasteiger partial charge >= 0.3 is 11.9 Å². The molecule has 0 bridgehead atoms. The van der Waals surface area contributed by atoms with Crippen LogP contribution < -0.4 is 0 Å². The number of carbonyl (C=O) groups is 6. The Morgan fingerprint density at radius 3 is 1.23 bits per heavy atom. The third-order valence-electron chi connectivity index (χ3n) is 3.55. The summed E-state index contributed by atoms with van der Waals surface area (Å²) in [6.45, 7) is 0. The Kier molecular flexibility index (Phi) is 9.48. The van der Waals surface area contributed by atoms with Crippen molar-refractivity contribution in [3.05, 3.63) is 36.4 Å². The minimum Gasteiger partial charge on any atom is -0.480 e. The van der Waals surface area contributed by atoms with E-state index in [4.69, 9.17) is 0 Å². The number of carbonyl (C=O) groups excluding carboxylic acids is 4. The van der Waals surface area contributed by atoms with Crippen LogP contribution in [0.3, 0.4) is 0 Å². The van der Waals surface area contributed by atoms with Gasteiger partial charge in [0.1, 0.15) is 17.5 Å². The fourth-order valence-electron chi connectivity index (χ4n) is 2.50. The quantitative estimate of drug-likeness (QED) is 0.580. The lowest BCUT2D eigenvalue weighted by atomic mass is 9.75. The van der Waals surface area contributed by atoms with Crippen LogP contribution in [-0.2, 0) is 28.8 Å². The van der Waals surface area contributed by atoms with E-state index in [1.807, 2.05) is 36.4 Å². The largest absolute Gasteiger partial charge is 0.480 e. The van der Waals surface area contributed by atoms with Crippen molar-refractivity contribution >= 4 is 60.4 Å². The van der Waals surface area contributed by atoms with Crippen molar-refractivity contribution in [2.45, 2.75) is 0 Å². The van der Waals surface area contributed by atoms with Crippen molar-refractivity contribution in [3.63, 3.8) is 0 Å². The maximum Gasteiger partial charge on any atom is 0.318 e. The number of rotatable bonds is 6. The molecule has 0 spiro atoms. The monoisotopic (exact) mass is 414 g/mol. The molecule has 1 fully saturated rings. The van der Waals surface area contributed by atoms with Gasteiger partial charge in [0.25, 0.3) is 0 Å². The number of benzene rings is 1. The zero-order valence-electron chi connectivity index (χ0n) is 15.1. The van der Waals surface area contributed by atoms with Gasteiger partial charge in [0.2, 0.25) is 25.6 Å². The first-order chi connectivity index (χ1) is 14.4. The first-order valence-corrected chi connectivity index (χ1v) is 7.96. The molecule has 1 aliphatic carbocycles. The van der Waals surface area contributed by atoms with Crippen LogP contribution >= 0.6 is 0 Å². The van der Waals surface area contributed by atoms with Gasteiger partial charge in [-0.15, -0.1) is 0 Å². The second kappa shape index (κ2) is 12.1. The number of carboxylic acids is 2. The number of amides is 4. The predicted molar refractivity (Wildman–Crippen MR) is 103 cm³/mol. The van der Waals surface area contributed by atoms with Gasteiger partial charge in [0.05, 0.1) is 17.1 Å². The molecule has 0 saturated heterocycles. The summed E-state index contributed by atoms with van der Waals surface area (Å²) in [4.78, 5) is 78.5. The average molecular weight is 414 g/mol. The lowest BCUT2D eigenvalue weighted by molar-refractivity contribution is -0.138. The molecule has 1 aromatic carbocycles. The smallest absolute Gasteiger partial charge is 0.318 e. The van der Waals surface area contributed by atoms with E-state index in [1.165, 1.54) is 0 Å². The van der Waals surface area contributed by atoms with Gasteiger partial charge < -0.3 is 10.2 Å². The van der Waals surface area contributed by atoms with Crippen LogP contribution in [-0.4, -0.2) is 70.6 Å². The number of hydrogen-bond acceptors (Lipinski definition) is 6. The number of nitrogens with zero attached hydrogens (tertiary/aromatic N) is 4. The van der Waals surface area contributed by atoms with E-state index in [2.05, 4.69) is 20.0 Å². The topological polar surface area (TPSA) is 192 Å². The Morgan fingerprint density at radius 2 is 0.967 bits per heavy atom. The van der Waals surface area contributed by atoms with Crippen molar-refractivity contribution in [3.8, 4) is 0 Å². The van der Waals surface area contributed by atoms with E-state index in [0.29, 0.717) is 0 Å². The van der Waals surface area contributed by atoms with E-state index in [-0.39, 0.29) is 25.6 Å². The standard InChI is InChI=1S/C12H8N4O8.C6H6/c17-1-13-7-5(11(21)22)8(14-2-18)10(16-4-20)9(15-3-19)6(7)12(23)24;1-2-4-6-5-3-1/h1-6H,(H,21,22)(H,23,24);1-6H. The van der Waals surface area contributed by atoms with Gasteiger partial charge in [-0.1, -0.05) is 36.4 Å². The minimum absolute atomic E-state index is 0.0738. The van der Waals surface area contributed by atoms with Crippen LogP contribution in [0.5, 0.6) is 0 Å². The van der Waals surface area contributed by atoms with Gasteiger partial charge in [-0.3, -0.25) is 28.8 Å². The van der Waals surface area contributed by atoms with E-state index in [1.54, 1.807) is 0 Å². The molecule has 2 rings (SSSR count). The summed E-state index contributed by atoms with van der Waals surface area (Å²) < 4.78 is 0. The van der Waals surface area contributed by atoms with Crippen LogP contribution in [0.25, 0.3) is 0 Å². The highest BCUT2D eigenvalue weighted by Crippen LogP contribution is 2.24. The molecule has 30 heavy (non-hydrogen) atoms. The third-order valence-corrected chi connectivity index (χ3v) is 3.55. The normalized spacial score (nSPS) is 20.4. The van der Waals surface area contributed by atoms with Crippen LogP contribution in [0.1, 0.15) is 0 Å². The van der Waals surface area contributed by atoms with Crippen LogP contribution in [0.2, 0.25) is 0 Å². The van der Waals surface area contributed by atoms with Gasteiger partial charge in [-0.2, -0.15) is 0 Å². The van der Waals surface area contributed by atoms with E-state index in [9.17, 15) is 39.0 Å². The molecule has 0 heterocycles. The molecule has 1 aromatic rings. The SMILES string of the molecule is O=CN=C1C(=NC=O)C(C(=O)O)C(=NC=O)C(C(=O)O)C1=NC=O.c1ccccc1. The summed E-state index contributed by atoms with van der Waals surface area (Å²) >= 11 is 0. The Balaban J connectivity index is 0.000000637. The fraction of sp³-hybridized carbons (Fsp3) is 0.111. The Labute approximate surface area is 168 Å². The number of carboxylic acid groups (broad SMARTS) is 2. The number of aliphatic imine (C=N–C) groups is 4. The van der Waals surface area contributed by atoms with Crippen molar-refractivity contribution in [2.24, 2.45) is 31.8 Å². The zero-order valence-corrected chi connectivity index (χ0v) is 15.1. The first kappa shape index (κ1) is 23.6. The molecule has 12 heteroatoms. The molecule has 1 saturated carbocycles. The van der Waals surface area contributed by atoms with E-state index in [0.717, 1.165) is 0 Å². The molecule has 2 unspecified atom stereocenters. The molecule has 2 N–H and O–H groups in total. The molecule has 0 aliphatic heterocycles. The molecule has 12 nitrogen and oxygen atoms in total. The maximum absolute atomic E-state index is 11.5. The number of hydrogen-bond donors (Lipinski definition) is 2. The Hall–Kier alpha value is -4.48. The van der Waals surface area contributed by atoms with Gasteiger partial charge in [-0.05, 0) is 0 Å². The summed E-state index contributed by atoms with van der Waals surface area (Å²) in [5, 5.41) is 18.6. The minimum atomic E-state index is -1.95. The molecule has 1 aliphatic rings. The highest BCUT2D eigenvalue weighted by Gasteiger charge is 2.49. The summed E-state index contributed by atoms with van der Waals surface area (Å²) in [5.74, 6) is -7.31. The molecule has 154 valence electrons. The van der Waals surface area contributed by atoms with Crippen molar-refractivity contribution in [1.29, 1.82) is 0 Å². The van der Waals surface area contributed by atoms with Gasteiger partial charge in [-0.25, -0.2) is 20.0 Å². The lowest BCUT2D eigenvalue weighted by Gasteiger charge is -2.29. The van der Waals surface area contributed by atoms with Crippen LogP contribution in [0, 0.1) is 11.8 Å². The maximum atomic E-state index is 11.5. The lowest BCUT2D eigenvalue weighted by Crippen LogP contribution is -2.54. The molecule has 2 atom stereocenters. The van der Waals surface area contributed by atoms with Crippen LogP contribution in [0.15, 0.2) is 56.4 Å². The highest BCUT2D eigenvalue weighted by atomic mass is 16.4. The Morgan fingerprint density at radius 1 is 0.633 bits per heavy atom. The molecule has 0 aromatic heterocycles. The summed E-state index contributed by atoms with van der Waals surface area (Å²) in [6, 6.07) is 12.0. The predicted octanol–water partition coefficient (Wildman–Crippen LogP) is -0.522. The zero-order chi connectivity index (χ0) is 22.5. The van der Waals surface area contributed by atoms with Gasteiger partial charge in [0.15, 0.2) is 0 Å². The molecule has 0 radical (unpaired) electrons. The van der Waals surface area contributed by atoms with Crippen molar-refractivity contribution < 1.29 is 39.0 Å². The molecule has 4 amide bonds. The third kappa shape index (κ3) is 5.76. The highest BCUT2D eigenvalue weighted by molar-refractivity contribution is 6.78. The Bertz CT molecular complexity index is 875. The van der Waals surface area contributed by atoms with Crippen LogP contribution in [0.4, 0.5) is 0 Å². The first-order valence-electron chi connectivity index (χ1n) is 7.96. The molecular weight excluding hydrogens is 400 g/mol. The van der Waals surface area contributed by atoms with E-state index >= 15 is 0 Å². The summed E-state index contributed by atoms with van der Waals surface area (Å²) in [7, 11) is 0. The fourth-order valence-corrected chi connectivity index (χ4v) is 2.50. The van der Waals surface area contributed by atoms with E-state index < -0.39 is 46.6 Å². The molecular formula is C18H14N4O8. The second-order valence-corrected chi connectivity index (χ2v) is 5.18. The number of aliphatic carboxylic acids is 2. The summed E-state index contributed by atoms with van der Waals surface area (Å²) in [6.07, 6.45) is -0.344. The summed E-state index contributed by atoms with van der Waals surface area (Å²) in [5.41, 5.74) is -2.77. The average Bonchev–Trinajstić information content (AvgIpc) is 2.72.